The number of methoxy groups -OCH3 is 1. The molecule has 2 aromatic carbocycles. The van der Waals surface area contributed by atoms with E-state index in [2.05, 4.69) is 26.5 Å². The molecule has 0 aliphatic carbocycles. The number of H-pyrrole nitrogens is 1. The van der Waals surface area contributed by atoms with Crippen molar-refractivity contribution in [1.82, 2.24) is 20.4 Å². The molecule has 1 amide bonds. The molecule has 3 N–H and O–H groups in total. The van der Waals surface area contributed by atoms with E-state index < -0.39 is 5.97 Å². The van der Waals surface area contributed by atoms with Crippen LogP contribution in [0, 0.1) is 13.8 Å². The molecular formula is C30H38N4O5. The maximum absolute atomic E-state index is 12.9. The van der Waals surface area contributed by atoms with Crippen LogP contribution in [0.25, 0.3) is 0 Å². The lowest BCUT2D eigenvalue weighted by Gasteiger charge is -2.24. The van der Waals surface area contributed by atoms with E-state index in [9.17, 15) is 14.7 Å². The van der Waals surface area contributed by atoms with Crippen molar-refractivity contribution in [3.8, 4) is 11.5 Å². The standard InChI is InChI=1S/C30H38N4O5/c1-20-26(21(2)33-32-20)16-24-14-23(8-9-27(24)38-3)17-34-18-25-13-22(15-30(36)37)7-10-28(25)39-12-6-4-5-11-31-29(35)19-34/h7-10,13-14H,4-6,11-12,15-19H2,1-3H3,(H,31,35)(H,32,33)(H,36,37). The summed E-state index contributed by atoms with van der Waals surface area (Å²) < 4.78 is 11.8. The predicted octanol–water partition coefficient (Wildman–Crippen LogP) is 3.93. The molecule has 0 atom stereocenters. The molecule has 0 spiro atoms. The number of carboxylic acid groups (broad SMARTS) is 1. The molecule has 0 saturated heterocycles. The number of aryl methyl sites for hydroxylation is 2. The molecule has 2 heterocycles. The maximum atomic E-state index is 12.9. The van der Waals surface area contributed by atoms with Gasteiger partial charge in [0.2, 0.25) is 5.91 Å². The van der Waals surface area contributed by atoms with Crippen LogP contribution in [0.1, 0.15) is 58.5 Å². The number of hydrogen-bond donors (Lipinski definition) is 3. The normalized spacial score (nSPS) is 15.2. The van der Waals surface area contributed by atoms with Crippen molar-refractivity contribution in [3.63, 3.8) is 0 Å². The van der Waals surface area contributed by atoms with Crippen LogP contribution in [-0.2, 0) is 35.5 Å². The minimum Gasteiger partial charge on any atom is -0.496 e. The topological polar surface area (TPSA) is 117 Å². The van der Waals surface area contributed by atoms with E-state index >= 15 is 0 Å². The molecule has 3 aromatic rings. The molecule has 0 fully saturated rings. The smallest absolute Gasteiger partial charge is 0.307 e. The summed E-state index contributed by atoms with van der Waals surface area (Å²) in [6, 6.07) is 11.7. The van der Waals surface area contributed by atoms with Crippen LogP contribution in [0.5, 0.6) is 11.5 Å². The van der Waals surface area contributed by atoms with E-state index in [1.54, 1.807) is 13.2 Å². The first-order valence-electron chi connectivity index (χ1n) is 13.4. The number of fused-ring (bicyclic) bond motifs is 1. The first-order valence-corrected chi connectivity index (χ1v) is 13.4. The number of amides is 1. The molecule has 39 heavy (non-hydrogen) atoms. The SMILES string of the molecule is COc1ccc(CN2CC(=O)NCCCCCOc3ccc(CC(=O)O)cc3C2)cc1Cc1c(C)n[nH]c1C. The zero-order chi connectivity index (χ0) is 27.8. The number of nitrogens with one attached hydrogen (secondary N) is 2. The second-order valence-corrected chi connectivity index (χ2v) is 10.2. The maximum Gasteiger partial charge on any atom is 0.307 e. The van der Waals surface area contributed by atoms with Crippen molar-refractivity contribution in [1.29, 1.82) is 0 Å². The van der Waals surface area contributed by atoms with Gasteiger partial charge in [-0.1, -0.05) is 24.3 Å². The van der Waals surface area contributed by atoms with Gasteiger partial charge in [-0.15, -0.1) is 0 Å². The zero-order valence-electron chi connectivity index (χ0n) is 23.0. The van der Waals surface area contributed by atoms with Gasteiger partial charge in [-0.25, -0.2) is 0 Å². The van der Waals surface area contributed by atoms with Gasteiger partial charge in [0.25, 0.3) is 0 Å². The fraction of sp³-hybridized carbons (Fsp3) is 0.433. The number of carbonyl (C=O) groups is 2. The highest BCUT2D eigenvalue weighted by Crippen LogP contribution is 2.27. The lowest BCUT2D eigenvalue weighted by Crippen LogP contribution is -2.37. The van der Waals surface area contributed by atoms with Crippen LogP contribution in [0.15, 0.2) is 36.4 Å². The second-order valence-electron chi connectivity index (χ2n) is 10.2. The number of nitrogens with zero attached hydrogens (tertiary/aromatic N) is 2. The van der Waals surface area contributed by atoms with E-state index in [0.717, 1.165) is 64.4 Å². The van der Waals surface area contributed by atoms with Crippen molar-refractivity contribution in [2.75, 3.05) is 26.8 Å². The summed E-state index contributed by atoms with van der Waals surface area (Å²) in [5.74, 6) is 0.621. The second kappa shape index (κ2) is 13.3. The zero-order valence-corrected chi connectivity index (χ0v) is 23.0. The number of aromatic amines is 1. The Balaban J connectivity index is 1.64. The molecule has 0 radical (unpaired) electrons. The molecule has 9 nitrogen and oxygen atoms in total. The molecule has 4 rings (SSSR count). The number of aromatic nitrogens is 2. The molecule has 1 aliphatic rings. The summed E-state index contributed by atoms with van der Waals surface area (Å²) in [4.78, 5) is 26.3. The molecule has 208 valence electrons. The highest BCUT2D eigenvalue weighted by molar-refractivity contribution is 5.78. The number of ether oxygens (including phenoxy) is 2. The molecule has 1 aliphatic heterocycles. The van der Waals surface area contributed by atoms with E-state index in [-0.39, 0.29) is 18.9 Å². The largest absolute Gasteiger partial charge is 0.496 e. The number of hydrogen-bond acceptors (Lipinski definition) is 6. The van der Waals surface area contributed by atoms with Crippen LogP contribution in [0.2, 0.25) is 0 Å². The van der Waals surface area contributed by atoms with Gasteiger partial charge in [-0.2, -0.15) is 5.10 Å². The van der Waals surface area contributed by atoms with Gasteiger partial charge in [0, 0.05) is 42.9 Å². The van der Waals surface area contributed by atoms with E-state index in [4.69, 9.17) is 9.47 Å². The van der Waals surface area contributed by atoms with Crippen LogP contribution in [0.3, 0.4) is 0 Å². The monoisotopic (exact) mass is 534 g/mol. The van der Waals surface area contributed by atoms with E-state index in [1.165, 1.54) is 0 Å². The van der Waals surface area contributed by atoms with Crippen molar-refractivity contribution in [2.24, 2.45) is 0 Å². The third kappa shape index (κ3) is 7.83. The Morgan fingerprint density at radius 2 is 1.92 bits per heavy atom. The van der Waals surface area contributed by atoms with Crippen LogP contribution >= 0.6 is 0 Å². The van der Waals surface area contributed by atoms with Crippen LogP contribution < -0.4 is 14.8 Å². The van der Waals surface area contributed by atoms with Gasteiger partial charge < -0.3 is 19.9 Å². The van der Waals surface area contributed by atoms with Gasteiger partial charge in [0.05, 0.1) is 32.4 Å². The Hall–Kier alpha value is -3.85. The molecule has 0 bridgehead atoms. The van der Waals surface area contributed by atoms with Crippen molar-refractivity contribution < 1.29 is 24.2 Å². The Morgan fingerprint density at radius 3 is 2.67 bits per heavy atom. The summed E-state index contributed by atoms with van der Waals surface area (Å²) in [6.45, 7) is 6.40. The fourth-order valence-corrected chi connectivity index (χ4v) is 5.01. The van der Waals surface area contributed by atoms with Crippen LogP contribution in [-0.4, -0.2) is 58.9 Å². The van der Waals surface area contributed by atoms with E-state index in [1.807, 2.05) is 38.1 Å². The quantitative estimate of drug-likeness (QED) is 0.420. The average Bonchev–Trinajstić information content (AvgIpc) is 3.21. The van der Waals surface area contributed by atoms with E-state index in [0.29, 0.717) is 38.2 Å². The summed E-state index contributed by atoms with van der Waals surface area (Å²) >= 11 is 0. The van der Waals surface area contributed by atoms with Crippen molar-refractivity contribution in [3.05, 3.63) is 75.6 Å². The number of carboxylic acids is 1. The minimum absolute atomic E-state index is 0.0308. The fourth-order valence-electron chi connectivity index (χ4n) is 5.01. The number of aliphatic carboxylic acids is 1. The molecular weight excluding hydrogens is 496 g/mol. The Labute approximate surface area is 229 Å². The highest BCUT2D eigenvalue weighted by atomic mass is 16.5. The molecule has 9 heteroatoms. The Kier molecular flexibility index (Phi) is 9.59. The lowest BCUT2D eigenvalue weighted by atomic mass is 10.00. The third-order valence-corrected chi connectivity index (χ3v) is 7.04. The number of rotatable bonds is 7. The molecule has 0 unspecified atom stereocenters. The predicted molar refractivity (Wildman–Crippen MR) is 148 cm³/mol. The Morgan fingerprint density at radius 1 is 1.10 bits per heavy atom. The summed E-state index contributed by atoms with van der Waals surface area (Å²) in [5.41, 5.74) is 6.81. The van der Waals surface area contributed by atoms with Gasteiger partial charge >= 0.3 is 5.97 Å². The van der Waals surface area contributed by atoms with Gasteiger partial charge in [-0.05, 0) is 61.9 Å². The first-order chi connectivity index (χ1) is 18.8. The van der Waals surface area contributed by atoms with Gasteiger partial charge in [-0.3, -0.25) is 19.6 Å². The summed E-state index contributed by atoms with van der Waals surface area (Å²) in [6.07, 6.45) is 3.36. The first kappa shape index (κ1) is 28.2. The summed E-state index contributed by atoms with van der Waals surface area (Å²) in [7, 11) is 1.67. The summed E-state index contributed by atoms with van der Waals surface area (Å²) in [5, 5.41) is 19.7. The molecule has 1 aromatic heterocycles. The van der Waals surface area contributed by atoms with Crippen molar-refractivity contribution >= 4 is 11.9 Å². The van der Waals surface area contributed by atoms with Gasteiger partial charge in [0.1, 0.15) is 11.5 Å². The lowest BCUT2D eigenvalue weighted by molar-refractivity contribution is -0.136. The van der Waals surface area contributed by atoms with Gasteiger partial charge in [0.15, 0.2) is 0 Å². The number of benzene rings is 2. The minimum atomic E-state index is -0.884. The third-order valence-electron chi connectivity index (χ3n) is 7.04. The Bertz CT molecular complexity index is 1280. The highest BCUT2D eigenvalue weighted by Gasteiger charge is 2.18. The molecule has 0 saturated carbocycles. The van der Waals surface area contributed by atoms with Crippen LogP contribution in [0.4, 0.5) is 0 Å². The van der Waals surface area contributed by atoms with Crippen molar-refractivity contribution in [2.45, 2.75) is 59.0 Å². The number of carbonyl (C=O) groups excluding carboxylic acids is 1. The average molecular weight is 535 g/mol.